The smallest absolute Gasteiger partial charge is 0.0775 e. The second-order valence-corrected chi connectivity index (χ2v) is 6.33. The first kappa shape index (κ1) is 15.9. The van der Waals surface area contributed by atoms with Gasteiger partial charge in [-0.25, -0.2) is 0 Å². The van der Waals surface area contributed by atoms with E-state index in [1.807, 2.05) is 7.05 Å². The lowest BCUT2D eigenvalue weighted by molar-refractivity contribution is -0.0155. The van der Waals surface area contributed by atoms with Gasteiger partial charge in [0.1, 0.15) is 0 Å². The van der Waals surface area contributed by atoms with Crippen molar-refractivity contribution >= 4 is 0 Å². The van der Waals surface area contributed by atoms with Gasteiger partial charge in [-0.1, -0.05) is 6.92 Å². The van der Waals surface area contributed by atoms with Gasteiger partial charge in [-0.3, -0.25) is 0 Å². The lowest BCUT2D eigenvalue weighted by Crippen LogP contribution is -2.50. The van der Waals surface area contributed by atoms with E-state index in [4.69, 9.17) is 4.74 Å². The maximum absolute atomic E-state index is 5.60. The van der Waals surface area contributed by atoms with E-state index in [0.29, 0.717) is 6.04 Å². The number of nitrogens with zero attached hydrogens (tertiary/aromatic N) is 1. The summed E-state index contributed by atoms with van der Waals surface area (Å²) in [5.74, 6) is 0.835. The van der Waals surface area contributed by atoms with E-state index in [1.54, 1.807) is 7.11 Å². The zero-order valence-corrected chi connectivity index (χ0v) is 13.1. The highest BCUT2D eigenvalue weighted by Crippen LogP contribution is 2.24. The maximum Gasteiger partial charge on any atom is 0.0775 e. The van der Waals surface area contributed by atoms with E-state index in [-0.39, 0.29) is 5.60 Å². The maximum atomic E-state index is 5.60. The predicted molar refractivity (Wildman–Crippen MR) is 78.0 cm³/mol. The molecule has 3 unspecified atom stereocenters. The van der Waals surface area contributed by atoms with Crippen molar-refractivity contribution in [3.8, 4) is 0 Å². The molecule has 1 rings (SSSR count). The molecule has 1 saturated heterocycles. The van der Waals surface area contributed by atoms with Gasteiger partial charge >= 0.3 is 0 Å². The molecule has 1 aliphatic heterocycles. The molecule has 0 radical (unpaired) electrons. The molecule has 0 amide bonds. The van der Waals surface area contributed by atoms with Crippen molar-refractivity contribution < 1.29 is 4.74 Å². The van der Waals surface area contributed by atoms with Gasteiger partial charge in [0.25, 0.3) is 0 Å². The highest BCUT2D eigenvalue weighted by atomic mass is 16.5. The fraction of sp³-hybridized carbons (Fsp3) is 1.00. The first-order valence-corrected chi connectivity index (χ1v) is 7.38. The van der Waals surface area contributed by atoms with Crippen LogP contribution in [0.2, 0.25) is 0 Å². The van der Waals surface area contributed by atoms with E-state index in [9.17, 15) is 0 Å². The Morgan fingerprint density at radius 1 is 1.39 bits per heavy atom. The minimum absolute atomic E-state index is 0.0978. The summed E-state index contributed by atoms with van der Waals surface area (Å²) in [6.07, 6.45) is 3.88. The van der Waals surface area contributed by atoms with Crippen LogP contribution in [0.25, 0.3) is 0 Å². The molecule has 0 bridgehead atoms. The standard InChI is InChI=1S/C15H32N2O/c1-12-8-7-10-17(13(12)2)11-9-14(16-5)15(3,4)18-6/h12-14,16H,7-11H2,1-6H3. The van der Waals surface area contributed by atoms with Crippen LogP contribution < -0.4 is 5.32 Å². The minimum atomic E-state index is -0.0978. The molecule has 0 aromatic rings. The lowest BCUT2D eigenvalue weighted by Gasteiger charge is -2.40. The molecule has 1 N–H and O–H groups in total. The second-order valence-electron chi connectivity index (χ2n) is 6.33. The molecule has 3 nitrogen and oxygen atoms in total. The van der Waals surface area contributed by atoms with Crippen molar-refractivity contribution in [3.05, 3.63) is 0 Å². The minimum Gasteiger partial charge on any atom is -0.377 e. The largest absolute Gasteiger partial charge is 0.377 e. The number of nitrogens with one attached hydrogen (secondary N) is 1. The molecular weight excluding hydrogens is 224 g/mol. The van der Waals surface area contributed by atoms with E-state index in [0.717, 1.165) is 18.4 Å². The van der Waals surface area contributed by atoms with Crippen molar-refractivity contribution in [1.82, 2.24) is 10.2 Å². The number of ether oxygens (including phenoxy) is 1. The Morgan fingerprint density at radius 3 is 2.61 bits per heavy atom. The molecule has 3 atom stereocenters. The topological polar surface area (TPSA) is 24.5 Å². The number of piperidine rings is 1. The van der Waals surface area contributed by atoms with E-state index in [2.05, 4.69) is 37.9 Å². The third-order valence-corrected chi connectivity index (χ3v) is 4.92. The molecule has 0 aliphatic carbocycles. The fourth-order valence-corrected chi connectivity index (χ4v) is 3.01. The van der Waals surface area contributed by atoms with Crippen LogP contribution in [-0.4, -0.2) is 49.8 Å². The highest BCUT2D eigenvalue weighted by molar-refractivity contribution is 4.87. The first-order valence-electron chi connectivity index (χ1n) is 7.38. The quantitative estimate of drug-likeness (QED) is 0.790. The second kappa shape index (κ2) is 6.88. The average Bonchev–Trinajstić information content (AvgIpc) is 2.34. The van der Waals surface area contributed by atoms with Crippen LogP contribution in [0.4, 0.5) is 0 Å². The Bertz CT molecular complexity index is 243. The van der Waals surface area contributed by atoms with E-state index < -0.39 is 0 Å². The molecule has 0 spiro atoms. The Hall–Kier alpha value is -0.120. The van der Waals surface area contributed by atoms with E-state index in [1.165, 1.54) is 25.9 Å². The van der Waals surface area contributed by atoms with E-state index >= 15 is 0 Å². The molecule has 1 heterocycles. The van der Waals surface area contributed by atoms with Crippen LogP contribution in [-0.2, 0) is 4.74 Å². The summed E-state index contributed by atoms with van der Waals surface area (Å²) >= 11 is 0. The Labute approximate surface area is 113 Å². The van der Waals surface area contributed by atoms with Crippen LogP contribution in [0, 0.1) is 5.92 Å². The highest BCUT2D eigenvalue weighted by Gasteiger charge is 2.30. The third kappa shape index (κ3) is 3.94. The summed E-state index contributed by atoms with van der Waals surface area (Å²) in [5.41, 5.74) is -0.0978. The molecule has 3 heteroatoms. The van der Waals surface area contributed by atoms with Crippen LogP contribution >= 0.6 is 0 Å². The van der Waals surface area contributed by atoms with Crippen LogP contribution in [0.5, 0.6) is 0 Å². The summed E-state index contributed by atoms with van der Waals surface area (Å²) in [6, 6.07) is 1.13. The Balaban J connectivity index is 2.47. The number of methoxy groups -OCH3 is 1. The van der Waals surface area contributed by atoms with Crippen molar-refractivity contribution in [3.63, 3.8) is 0 Å². The van der Waals surface area contributed by atoms with Crippen molar-refractivity contribution in [2.75, 3.05) is 27.2 Å². The lowest BCUT2D eigenvalue weighted by atomic mass is 9.90. The average molecular weight is 256 g/mol. The van der Waals surface area contributed by atoms with Gasteiger partial charge in [0.05, 0.1) is 5.60 Å². The van der Waals surface area contributed by atoms with Gasteiger partial charge in [-0.2, -0.15) is 0 Å². The predicted octanol–water partition coefficient (Wildman–Crippen LogP) is 2.51. The Kier molecular flexibility index (Phi) is 6.09. The fourth-order valence-electron chi connectivity index (χ4n) is 3.01. The summed E-state index contributed by atoms with van der Waals surface area (Å²) in [7, 11) is 3.84. The molecular formula is C15H32N2O. The van der Waals surface area contributed by atoms with Gasteiger partial charge in [0, 0.05) is 25.7 Å². The monoisotopic (exact) mass is 256 g/mol. The van der Waals surface area contributed by atoms with Gasteiger partial charge < -0.3 is 15.0 Å². The van der Waals surface area contributed by atoms with Crippen LogP contribution in [0.15, 0.2) is 0 Å². The summed E-state index contributed by atoms with van der Waals surface area (Å²) in [4.78, 5) is 2.64. The zero-order valence-electron chi connectivity index (χ0n) is 13.1. The molecule has 1 fully saturated rings. The molecule has 0 saturated carbocycles. The van der Waals surface area contributed by atoms with Gasteiger partial charge in [0.15, 0.2) is 0 Å². The SMILES string of the molecule is CNC(CCN1CCCC(C)C1C)C(C)(C)OC. The molecule has 18 heavy (non-hydrogen) atoms. The molecule has 0 aromatic carbocycles. The van der Waals surface area contributed by atoms with Gasteiger partial charge in [-0.15, -0.1) is 0 Å². The first-order chi connectivity index (χ1) is 8.42. The third-order valence-electron chi connectivity index (χ3n) is 4.92. The molecule has 1 aliphatic rings. The van der Waals surface area contributed by atoms with Gasteiger partial charge in [-0.05, 0) is 59.5 Å². The number of rotatable bonds is 6. The molecule has 0 aromatic heterocycles. The number of likely N-dealkylation sites (tertiary alicyclic amines) is 1. The summed E-state index contributed by atoms with van der Waals surface area (Å²) in [6.45, 7) is 11.5. The summed E-state index contributed by atoms with van der Waals surface area (Å²) < 4.78 is 5.60. The number of hydrogen-bond acceptors (Lipinski definition) is 3. The van der Waals surface area contributed by atoms with Crippen molar-refractivity contribution in [1.29, 1.82) is 0 Å². The van der Waals surface area contributed by atoms with Gasteiger partial charge in [0.2, 0.25) is 0 Å². The molecule has 108 valence electrons. The van der Waals surface area contributed by atoms with Crippen molar-refractivity contribution in [2.45, 2.75) is 64.6 Å². The Morgan fingerprint density at radius 2 is 2.06 bits per heavy atom. The zero-order chi connectivity index (χ0) is 13.8. The number of likely N-dealkylation sites (N-methyl/N-ethyl adjacent to an activating group) is 1. The number of hydrogen-bond donors (Lipinski definition) is 1. The van der Waals surface area contributed by atoms with Crippen LogP contribution in [0.3, 0.4) is 0 Å². The van der Waals surface area contributed by atoms with Crippen LogP contribution in [0.1, 0.15) is 47.0 Å². The normalized spacial score (nSPS) is 28.3. The van der Waals surface area contributed by atoms with Crippen molar-refractivity contribution in [2.24, 2.45) is 5.92 Å². The summed E-state index contributed by atoms with van der Waals surface area (Å²) in [5, 5.41) is 3.41.